The molecule has 0 unspecified atom stereocenters. The summed E-state index contributed by atoms with van der Waals surface area (Å²) in [6.45, 7) is -0.0220. The summed E-state index contributed by atoms with van der Waals surface area (Å²) in [6, 6.07) is 13.6. The molecule has 0 aromatic heterocycles. The minimum Gasteiger partial charge on any atom is -0.352 e. The van der Waals surface area contributed by atoms with E-state index >= 15 is 0 Å². The third-order valence-electron chi connectivity index (χ3n) is 3.75. The predicted octanol–water partition coefficient (Wildman–Crippen LogP) is 1.19. The quantitative estimate of drug-likeness (QED) is 0.468. The van der Waals surface area contributed by atoms with E-state index in [1.165, 1.54) is 36.4 Å². The number of nitrogens with one attached hydrogen (secondary N) is 2. The molecule has 0 atom stereocenters. The van der Waals surface area contributed by atoms with Crippen LogP contribution in [0.15, 0.2) is 64.4 Å². The lowest BCUT2D eigenvalue weighted by Crippen LogP contribution is -2.27. The van der Waals surface area contributed by atoms with Gasteiger partial charge in [0.1, 0.15) is 0 Å². The van der Waals surface area contributed by atoms with Crippen LogP contribution >= 0.6 is 0 Å². The molecule has 0 bridgehead atoms. The third-order valence-corrected chi connectivity index (χ3v) is 6.96. The molecule has 2 N–H and O–H groups in total. The Labute approximate surface area is 165 Å². The Kier molecular flexibility index (Phi) is 7.34. The van der Waals surface area contributed by atoms with Crippen LogP contribution in [-0.4, -0.2) is 41.6 Å². The molecule has 0 aliphatic rings. The zero-order valence-electron chi connectivity index (χ0n) is 15.0. The van der Waals surface area contributed by atoms with Crippen molar-refractivity contribution >= 4 is 25.8 Å². The fourth-order valence-corrected chi connectivity index (χ4v) is 4.65. The van der Waals surface area contributed by atoms with E-state index in [0.29, 0.717) is 0 Å². The number of sulfone groups is 1. The van der Waals surface area contributed by atoms with Gasteiger partial charge in [-0.05, 0) is 36.8 Å². The number of benzene rings is 2. The monoisotopic (exact) mass is 420 g/mol. The highest BCUT2D eigenvalue weighted by atomic mass is 32.2. The summed E-state index contributed by atoms with van der Waals surface area (Å²) in [5.74, 6) is 1.57. The first-order chi connectivity index (χ1) is 13.3. The van der Waals surface area contributed by atoms with E-state index in [1.54, 1.807) is 18.2 Å². The van der Waals surface area contributed by atoms with Gasteiger partial charge >= 0.3 is 0 Å². The molecule has 2 rings (SSSR count). The van der Waals surface area contributed by atoms with E-state index < -0.39 is 25.8 Å². The summed E-state index contributed by atoms with van der Waals surface area (Å²) >= 11 is 0. The fraction of sp³-hybridized carbons (Fsp3) is 0.211. The van der Waals surface area contributed by atoms with Crippen molar-refractivity contribution < 1.29 is 21.6 Å². The average Bonchev–Trinajstić information content (AvgIpc) is 2.70. The minimum absolute atomic E-state index is 0.0814. The van der Waals surface area contributed by atoms with Crippen molar-refractivity contribution in [2.45, 2.75) is 16.2 Å². The van der Waals surface area contributed by atoms with Crippen LogP contribution in [0.2, 0.25) is 0 Å². The highest BCUT2D eigenvalue weighted by Gasteiger charge is 2.16. The van der Waals surface area contributed by atoms with Gasteiger partial charge in [0, 0.05) is 12.1 Å². The first kappa shape index (κ1) is 21.6. The van der Waals surface area contributed by atoms with Crippen LogP contribution in [0.5, 0.6) is 0 Å². The number of carbonyl (C=O) groups excluding carboxylic acids is 1. The second-order valence-corrected chi connectivity index (χ2v) is 9.67. The lowest BCUT2D eigenvalue weighted by Gasteiger charge is -2.08. The van der Waals surface area contributed by atoms with Crippen LogP contribution in [-0.2, 0) is 19.9 Å². The predicted molar refractivity (Wildman–Crippen MR) is 106 cm³/mol. The molecule has 0 saturated heterocycles. The molecular formula is C19H20N2O5S2. The SMILES string of the molecule is C#CCNS(=O)(=O)c1cccc(C(=O)NCCCS(=O)(=O)c2ccccc2)c1. The first-order valence-corrected chi connectivity index (χ1v) is 11.5. The molecule has 0 radical (unpaired) electrons. The topological polar surface area (TPSA) is 109 Å². The zero-order chi connectivity index (χ0) is 20.6. The zero-order valence-corrected chi connectivity index (χ0v) is 16.6. The maximum Gasteiger partial charge on any atom is 0.251 e. The van der Waals surface area contributed by atoms with Crippen LogP contribution in [0, 0.1) is 12.3 Å². The normalized spacial score (nSPS) is 11.5. The van der Waals surface area contributed by atoms with Crippen molar-refractivity contribution in [3.63, 3.8) is 0 Å². The van der Waals surface area contributed by atoms with Gasteiger partial charge in [0.05, 0.1) is 22.1 Å². The summed E-state index contributed by atoms with van der Waals surface area (Å²) in [6.07, 6.45) is 5.27. The van der Waals surface area contributed by atoms with Gasteiger partial charge in [-0.2, -0.15) is 4.72 Å². The molecule has 2 aromatic rings. The maximum atomic E-state index is 12.2. The second-order valence-electron chi connectivity index (χ2n) is 5.80. The average molecular weight is 421 g/mol. The van der Waals surface area contributed by atoms with Crippen molar-refractivity contribution in [3.05, 3.63) is 60.2 Å². The van der Waals surface area contributed by atoms with E-state index in [1.807, 2.05) is 0 Å². The van der Waals surface area contributed by atoms with Crippen molar-refractivity contribution in [2.75, 3.05) is 18.8 Å². The van der Waals surface area contributed by atoms with Gasteiger partial charge in [0.2, 0.25) is 10.0 Å². The smallest absolute Gasteiger partial charge is 0.251 e. The Bertz CT molecular complexity index is 1070. The van der Waals surface area contributed by atoms with E-state index in [0.717, 1.165) is 0 Å². The number of rotatable bonds is 9. The van der Waals surface area contributed by atoms with E-state index in [2.05, 4.69) is 16.0 Å². The Hall–Kier alpha value is -2.67. The molecule has 9 heteroatoms. The molecule has 0 heterocycles. The third kappa shape index (κ3) is 5.92. The summed E-state index contributed by atoms with van der Waals surface area (Å²) in [5, 5.41) is 2.59. The van der Waals surface area contributed by atoms with Crippen LogP contribution in [0.3, 0.4) is 0 Å². The van der Waals surface area contributed by atoms with Gasteiger partial charge in [0.25, 0.3) is 5.91 Å². The van der Waals surface area contributed by atoms with Gasteiger partial charge in [0.15, 0.2) is 9.84 Å². The number of carbonyl (C=O) groups is 1. The Morgan fingerprint density at radius 3 is 2.32 bits per heavy atom. The highest BCUT2D eigenvalue weighted by Crippen LogP contribution is 2.12. The molecule has 148 valence electrons. The molecule has 0 aliphatic carbocycles. The maximum absolute atomic E-state index is 12.2. The molecule has 0 spiro atoms. The van der Waals surface area contributed by atoms with Gasteiger partial charge in [-0.25, -0.2) is 16.8 Å². The number of hydrogen-bond acceptors (Lipinski definition) is 5. The molecule has 7 nitrogen and oxygen atoms in total. The Balaban J connectivity index is 1.94. The molecular weight excluding hydrogens is 400 g/mol. The fourth-order valence-electron chi connectivity index (χ4n) is 2.34. The minimum atomic E-state index is -3.81. The van der Waals surface area contributed by atoms with Crippen molar-refractivity contribution in [1.82, 2.24) is 10.0 Å². The molecule has 0 aliphatic heterocycles. The molecule has 1 amide bonds. The lowest BCUT2D eigenvalue weighted by atomic mass is 10.2. The number of amides is 1. The van der Waals surface area contributed by atoms with E-state index in [4.69, 9.17) is 6.42 Å². The van der Waals surface area contributed by atoms with E-state index in [9.17, 15) is 21.6 Å². The van der Waals surface area contributed by atoms with Crippen LogP contribution in [0.4, 0.5) is 0 Å². The summed E-state index contributed by atoms with van der Waals surface area (Å²) in [7, 11) is -7.22. The highest BCUT2D eigenvalue weighted by molar-refractivity contribution is 7.91. The van der Waals surface area contributed by atoms with Crippen molar-refractivity contribution in [3.8, 4) is 12.3 Å². The Morgan fingerprint density at radius 2 is 1.64 bits per heavy atom. The molecule has 28 heavy (non-hydrogen) atoms. The number of sulfonamides is 1. The van der Waals surface area contributed by atoms with Crippen LogP contribution in [0.25, 0.3) is 0 Å². The first-order valence-electron chi connectivity index (χ1n) is 8.35. The summed E-state index contributed by atoms with van der Waals surface area (Å²) in [4.78, 5) is 12.4. The van der Waals surface area contributed by atoms with Crippen LogP contribution < -0.4 is 10.0 Å². The van der Waals surface area contributed by atoms with Crippen LogP contribution in [0.1, 0.15) is 16.8 Å². The summed E-state index contributed by atoms with van der Waals surface area (Å²) < 4.78 is 50.7. The van der Waals surface area contributed by atoms with E-state index in [-0.39, 0.29) is 40.6 Å². The largest absolute Gasteiger partial charge is 0.352 e. The van der Waals surface area contributed by atoms with Gasteiger partial charge in [-0.15, -0.1) is 6.42 Å². The number of terminal acetylenes is 1. The molecule has 0 saturated carbocycles. The van der Waals surface area contributed by atoms with Gasteiger partial charge in [-0.1, -0.05) is 30.2 Å². The Morgan fingerprint density at radius 1 is 0.964 bits per heavy atom. The van der Waals surface area contributed by atoms with Crippen molar-refractivity contribution in [2.24, 2.45) is 0 Å². The van der Waals surface area contributed by atoms with Gasteiger partial charge < -0.3 is 5.32 Å². The summed E-state index contributed by atoms with van der Waals surface area (Å²) in [5.41, 5.74) is 0.148. The van der Waals surface area contributed by atoms with Gasteiger partial charge in [-0.3, -0.25) is 4.79 Å². The molecule has 2 aromatic carbocycles. The lowest BCUT2D eigenvalue weighted by molar-refractivity contribution is 0.0953. The van der Waals surface area contributed by atoms with Crippen molar-refractivity contribution in [1.29, 1.82) is 0 Å². The standard InChI is InChI=1S/C19H20N2O5S2/c1-2-12-21-28(25,26)18-11-6-8-16(15-18)19(22)20-13-7-14-27(23,24)17-9-4-3-5-10-17/h1,3-6,8-11,15,21H,7,12-14H2,(H,20,22). The number of hydrogen-bond donors (Lipinski definition) is 2. The molecule has 0 fully saturated rings. The second kappa shape index (κ2) is 9.50.